The third-order valence-corrected chi connectivity index (χ3v) is 7.20. The van der Waals surface area contributed by atoms with Crippen molar-refractivity contribution < 1.29 is 72.6 Å². The van der Waals surface area contributed by atoms with Crippen molar-refractivity contribution in [3.05, 3.63) is 59.7 Å². The molecule has 0 fully saturated rings. The summed E-state index contributed by atoms with van der Waals surface area (Å²) in [6, 6.07) is 3.02. The minimum atomic E-state index is -6.95. The molecule has 12 nitrogen and oxygen atoms in total. The summed E-state index contributed by atoms with van der Waals surface area (Å²) in [5.41, 5.74) is -16.8. The number of carbonyl (C=O) groups excluding carboxylic acids is 2. The van der Waals surface area contributed by atoms with Crippen molar-refractivity contribution >= 4 is 55.2 Å². The second-order valence-electron chi connectivity index (χ2n) is 6.74. The van der Waals surface area contributed by atoms with E-state index in [2.05, 4.69) is 0 Å². The van der Waals surface area contributed by atoms with Crippen LogP contribution in [0.4, 0.5) is 37.7 Å². The number of carbonyl (C=O) groups is 4. The molecule has 0 atom stereocenters. The quantitative estimate of drug-likeness (QED) is 0.372. The Labute approximate surface area is 207 Å². The summed E-state index contributed by atoms with van der Waals surface area (Å²) in [4.78, 5) is 47.4. The molecule has 38 heavy (non-hydrogen) atoms. The number of aromatic carboxylic acids is 2. The van der Waals surface area contributed by atoms with Gasteiger partial charge in [-0.05, 0) is 48.5 Å². The van der Waals surface area contributed by atoms with E-state index in [1.807, 2.05) is 0 Å². The third-order valence-electron chi connectivity index (χ3n) is 4.32. The van der Waals surface area contributed by atoms with Crippen molar-refractivity contribution in [2.75, 3.05) is 8.61 Å². The number of rotatable bonds is 6. The zero-order valence-corrected chi connectivity index (χ0v) is 19.4. The first-order chi connectivity index (χ1) is 17.1. The highest BCUT2D eigenvalue weighted by atomic mass is 32.2. The average Bonchev–Trinajstić information content (AvgIpc) is 2.78. The molecule has 0 radical (unpaired) electrons. The molecule has 2 amide bonds. The van der Waals surface area contributed by atoms with E-state index < -0.39 is 85.9 Å². The highest BCUT2D eigenvalue weighted by Crippen LogP contribution is 2.35. The lowest BCUT2D eigenvalue weighted by Gasteiger charge is -2.27. The van der Waals surface area contributed by atoms with E-state index in [1.54, 1.807) is 0 Å². The first-order valence-electron chi connectivity index (χ1n) is 9.12. The largest absolute Gasteiger partial charge is 0.517 e. The summed E-state index contributed by atoms with van der Waals surface area (Å²) in [7, 11) is -13.9. The van der Waals surface area contributed by atoms with Gasteiger partial charge in [0.25, 0.3) is 0 Å². The first kappa shape index (κ1) is 30.0. The first-order valence-corrected chi connectivity index (χ1v) is 12.0. The maximum absolute atomic E-state index is 13.3. The van der Waals surface area contributed by atoms with E-state index in [-0.39, 0.29) is 24.3 Å². The summed E-state index contributed by atoms with van der Waals surface area (Å²) in [5, 5.41) is 17.7. The fourth-order valence-electron chi connectivity index (χ4n) is 2.59. The molecular weight excluding hydrogens is 582 g/mol. The van der Waals surface area contributed by atoms with Gasteiger partial charge in [-0.25, -0.2) is 9.59 Å². The number of nitrogens with zero attached hydrogens (tertiary/aromatic N) is 2. The van der Waals surface area contributed by atoms with Crippen molar-refractivity contribution in [1.82, 2.24) is 0 Å². The zero-order valence-electron chi connectivity index (χ0n) is 17.8. The molecular formula is C18H10F6N2O10S2. The van der Waals surface area contributed by atoms with Crippen LogP contribution in [-0.4, -0.2) is 61.8 Å². The van der Waals surface area contributed by atoms with Gasteiger partial charge in [0.2, 0.25) is 0 Å². The van der Waals surface area contributed by atoms with E-state index in [1.165, 1.54) is 0 Å². The van der Waals surface area contributed by atoms with E-state index in [0.29, 0.717) is 24.3 Å². The van der Waals surface area contributed by atoms with Gasteiger partial charge in [0.1, 0.15) is 0 Å². The summed E-state index contributed by atoms with van der Waals surface area (Å²) in [5.74, 6) is -9.28. The minimum Gasteiger partial charge on any atom is -0.478 e. The Balaban J connectivity index is 2.80. The fraction of sp³-hybridized carbons (Fsp3) is 0.111. The van der Waals surface area contributed by atoms with Gasteiger partial charge in [-0.15, -0.1) is 0 Å². The molecule has 0 aromatic heterocycles. The summed E-state index contributed by atoms with van der Waals surface area (Å²) >= 11 is 0. The molecule has 2 aromatic rings. The Bertz CT molecular complexity index is 1390. The lowest BCUT2D eigenvalue weighted by atomic mass is 10.2. The van der Waals surface area contributed by atoms with Crippen molar-refractivity contribution in [3.8, 4) is 0 Å². The monoisotopic (exact) mass is 592 g/mol. The molecule has 0 saturated heterocycles. The van der Waals surface area contributed by atoms with Gasteiger partial charge in [0.05, 0.1) is 22.5 Å². The highest BCUT2D eigenvalue weighted by molar-refractivity contribution is 7.95. The molecule has 2 rings (SSSR count). The number of benzene rings is 2. The van der Waals surface area contributed by atoms with E-state index in [4.69, 9.17) is 10.2 Å². The molecule has 2 N–H and O–H groups in total. The smallest absolute Gasteiger partial charge is 0.478 e. The number of sulfonamides is 2. The molecule has 0 bridgehead atoms. The maximum atomic E-state index is 13.3. The van der Waals surface area contributed by atoms with Crippen molar-refractivity contribution in [1.29, 1.82) is 0 Å². The van der Waals surface area contributed by atoms with Crippen LogP contribution in [-0.2, 0) is 29.6 Å². The van der Waals surface area contributed by atoms with Gasteiger partial charge in [-0.1, -0.05) is 0 Å². The van der Waals surface area contributed by atoms with Gasteiger partial charge in [-0.3, -0.25) is 9.59 Å². The number of halogens is 6. The van der Waals surface area contributed by atoms with Crippen LogP contribution in [0.2, 0.25) is 0 Å². The molecule has 0 aliphatic carbocycles. The molecule has 20 heteroatoms. The second kappa shape index (κ2) is 9.93. The summed E-state index contributed by atoms with van der Waals surface area (Å²) in [6.45, 7) is 0. The Kier molecular flexibility index (Phi) is 7.85. The topological polar surface area (TPSA) is 184 Å². The average molecular weight is 592 g/mol. The van der Waals surface area contributed by atoms with Crippen LogP contribution in [0.25, 0.3) is 0 Å². The van der Waals surface area contributed by atoms with Crippen LogP contribution >= 0.6 is 0 Å². The molecule has 206 valence electrons. The molecule has 0 spiro atoms. The highest BCUT2D eigenvalue weighted by Gasteiger charge is 2.58. The standard InChI is InChI=1S/C18H10F6N2O10S2/c19-17(20,21)37(33,34)25(11-5-1-9(2-6-11)15(29)30)13(27)14(28)26(38(35,36)18(22,23)24)12-7-3-10(4-8-12)16(31)32/h1-8H,(H,29,30)(H,31,32). The van der Waals surface area contributed by atoms with Crippen LogP contribution < -0.4 is 8.61 Å². The van der Waals surface area contributed by atoms with Crippen molar-refractivity contribution in [2.45, 2.75) is 11.0 Å². The molecule has 0 unspecified atom stereocenters. The summed E-state index contributed by atoms with van der Waals surface area (Å²) in [6.07, 6.45) is 0. The van der Waals surface area contributed by atoms with E-state index in [9.17, 15) is 62.4 Å². The lowest BCUT2D eigenvalue weighted by molar-refractivity contribution is -0.135. The number of carboxylic acid groups (broad SMARTS) is 2. The Morgan fingerprint density at radius 2 is 0.789 bits per heavy atom. The van der Waals surface area contributed by atoms with Crippen LogP contribution in [0, 0.1) is 0 Å². The predicted octanol–water partition coefficient (Wildman–Crippen LogP) is 2.15. The number of carboxylic acids is 2. The number of amides is 2. The third kappa shape index (κ3) is 5.54. The second-order valence-corrected chi connectivity index (χ2v) is 10.3. The van der Waals surface area contributed by atoms with Gasteiger partial charge in [0, 0.05) is 0 Å². The number of alkyl halides is 6. The molecule has 0 aliphatic heterocycles. The number of hydrogen-bond donors (Lipinski definition) is 2. The van der Waals surface area contributed by atoms with Gasteiger partial charge in [0.15, 0.2) is 0 Å². The van der Waals surface area contributed by atoms with E-state index in [0.717, 1.165) is 0 Å². The van der Waals surface area contributed by atoms with Gasteiger partial charge < -0.3 is 10.2 Å². The van der Waals surface area contributed by atoms with E-state index >= 15 is 0 Å². The summed E-state index contributed by atoms with van der Waals surface area (Å²) < 4.78 is 126. The van der Waals surface area contributed by atoms with Crippen LogP contribution in [0.1, 0.15) is 20.7 Å². The Hall–Kier alpha value is -4.20. The van der Waals surface area contributed by atoms with Gasteiger partial charge >= 0.3 is 54.8 Å². The SMILES string of the molecule is O=C(O)c1ccc(N(C(=O)C(=O)N(c2ccc(C(=O)O)cc2)S(=O)(=O)C(F)(F)F)S(=O)(=O)C(F)(F)F)cc1. The number of hydrogen-bond acceptors (Lipinski definition) is 8. The molecule has 0 aliphatic rings. The minimum absolute atomic E-state index is 0.280. The van der Waals surface area contributed by atoms with Gasteiger partial charge in [-0.2, -0.15) is 51.8 Å². The fourth-order valence-corrected chi connectivity index (χ4v) is 4.40. The maximum Gasteiger partial charge on any atom is 0.517 e. The molecule has 2 aromatic carbocycles. The van der Waals surface area contributed by atoms with Crippen LogP contribution in [0.3, 0.4) is 0 Å². The molecule has 0 saturated carbocycles. The zero-order chi connectivity index (χ0) is 29.4. The van der Waals surface area contributed by atoms with Crippen molar-refractivity contribution in [2.24, 2.45) is 0 Å². The van der Waals surface area contributed by atoms with Crippen LogP contribution in [0.5, 0.6) is 0 Å². The molecule has 0 heterocycles. The number of anilines is 2. The Morgan fingerprint density at radius 3 is 0.974 bits per heavy atom. The van der Waals surface area contributed by atoms with Crippen LogP contribution in [0.15, 0.2) is 48.5 Å². The Morgan fingerprint density at radius 1 is 0.553 bits per heavy atom. The normalized spacial score (nSPS) is 12.5. The lowest BCUT2D eigenvalue weighted by Crippen LogP contribution is -2.54. The predicted molar refractivity (Wildman–Crippen MR) is 112 cm³/mol. The van der Waals surface area contributed by atoms with Crippen molar-refractivity contribution in [3.63, 3.8) is 0 Å².